The fraction of sp³-hybridized carbons (Fsp3) is 0.500. The number of pyridine rings is 1. The lowest BCUT2D eigenvalue weighted by Gasteiger charge is -2.58. The summed E-state index contributed by atoms with van der Waals surface area (Å²) in [5.41, 5.74) is 7.05. The molecule has 4 aliphatic rings. The van der Waals surface area contributed by atoms with Gasteiger partial charge in [-0.05, 0) is 55.9 Å². The normalized spacial score (nSPS) is 32.7. The van der Waals surface area contributed by atoms with Crippen molar-refractivity contribution < 1.29 is 14.4 Å². The maximum atomic E-state index is 11.4. The lowest BCUT2D eigenvalue weighted by atomic mass is 9.52. The van der Waals surface area contributed by atoms with Gasteiger partial charge in [-0.3, -0.25) is 4.79 Å². The van der Waals surface area contributed by atoms with Gasteiger partial charge < -0.3 is 25.7 Å². The molecule has 1 amide bonds. The van der Waals surface area contributed by atoms with Crippen molar-refractivity contribution >= 4 is 22.6 Å². The molecular formula is C20H22N6O3. The maximum absolute atomic E-state index is 11.4. The van der Waals surface area contributed by atoms with Crippen molar-refractivity contribution in [2.45, 2.75) is 43.7 Å². The zero-order chi connectivity index (χ0) is 19.8. The van der Waals surface area contributed by atoms with Crippen LogP contribution in [-0.4, -0.2) is 42.8 Å². The second-order valence-electron chi connectivity index (χ2n) is 8.94. The van der Waals surface area contributed by atoms with Crippen LogP contribution < -0.4 is 11.1 Å². The van der Waals surface area contributed by atoms with Crippen LogP contribution in [0, 0.1) is 17.8 Å². The molecule has 0 saturated heterocycles. The number of primary amides is 1. The van der Waals surface area contributed by atoms with Gasteiger partial charge in [-0.15, -0.1) is 0 Å². The quantitative estimate of drug-likeness (QED) is 0.530. The van der Waals surface area contributed by atoms with Gasteiger partial charge in [-0.2, -0.15) is 4.98 Å². The van der Waals surface area contributed by atoms with Crippen LogP contribution in [0.2, 0.25) is 0 Å². The summed E-state index contributed by atoms with van der Waals surface area (Å²) in [5, 5.41) is 19.3. The van der Waals surface area contributed by atoms with Crippen LogP contribution in [0.4, 0.5) is 5.69 Å². The summed E-state index contributed by atoms with van der Waals surface area (Å²) in [6, 6.07) is 2.23. The molecule has 3 heterocycles. The summed E-state index contributed by atoms with van der Waals surface area (Å²) < 4.78 is 5.31. The molecule has 0 aromatic carbocycles. The van der Waals surface area contributed by atoms with E-state index >= 15 is 0 Å². The largest absolute Gasteiger partial charge is 0.390 e. The number of aliphatic hydroxyl groups is 1. The van der Waals surface area contributed by atoms with Crippen LogP contribution in [0.3, 0.4) is 0 Å². The fourth-order valence-corrected chi connectivity index (χ4v) is 6.14. The number of aromatic amines is 1. The van der Waals surface area contributed by atoms with E-state index < -0.39 is 11.5 Å². The molecule has 2 unspecified atom stereocenters. The Balaban J connectivity index is 1.42. The van der Waals surface area contributed by atoms with Crippen LogP contribution in [0.5, 0.6) is 0 Å². The Hall–Kier alpha value is -2.94. The molecule has 3 aromatic heterocycles. The lowest BCUT2D eigenvalue weighted by molar-refractivity contribution is -0.129. The number of amides is 1. The van der Waals surface area contributed by atoms with E-state index in [1.54, 1.807) is 6.20 Å². The molecule has 5 N–H and O–H groups in total. The maximum Gasteiger partial charge on any atom is 0.290 e. The highest BCUT2D eigenvalue weighted by atomic mass is 16.5. The molecule has 0 aliphatic heterocycles. The molecule has 4 bridgehead atoms. The van der Waals surface area contributed by atoms with Gasteiger partial charge in [-0.25, -0.2) is 4.98 Å². The van der Waals surface area contributed by atoms with Gasteiger partial charge in [0.05, 0.1) is 16.9 Å². The van der Waals surface area contributed by atoms with Crippen molar-refractivity contribution in [3.63, 3.8) is 0 Å². The zero-order valence-corrected chi connectivity index (χ0v) is 15.8. The zero-order valence-electron chi connectivity index (χ0n) is 15.8. The molecule has 0 spiro atoms. The molecule has 29 heavy (non-hydrogen) atoms. The van der Waals surface area contributed by atoms with E-state index in [1.165, 1.54) is 0 Å². The second kappa shape index (κ2) is 5.79. The van der Waals surface area contributed by atoms with Crippen molar-refractivity contribution in [3.8, 4) is 11.5 Å². The summed E-state index contributed by atoms with van der Waals surface area (Å²) in [6.07, 6.45) is 8.46. The average Bonchev–Trinajstić information content (AvgIpc) is 3.32. The Morgan fingerprint density at radius 3 is 2.79 bits per heavy atom. The predicted molar refractivity (Wildman–Crippen MR) is 104 cm³/mol. The van der Waals surface area contributed by atoms with Crippen LogP contribution in [0.1, 0.15) is 42.7 Å². The minimum absolute atomic E-state index is 0.156. The first-order chi connectivity index (χ1) is 14.0. The third kappa shape index (κ3) is 2.57. The Kier molecular flexibility index (Phi) is 3.39. The summed E-state index contributed by atoms with van der Waals surface area (Å²) in [6.45, 7) is 0. The van der Waals surface area contributed by atoms with Crippen molar-refractivity contribution in [3.05, 3.63) is 24.3 Å². The third-order valence-corrected chi connectivity index (χ3v) is 7.02. The van der Waals surface area contributed by atoms with E-state index in [-0.39, 0.29) is 17.8 Å². The first-order valence-corrected chi connectivity index (χ1v) is 10.1. The Morgan fingerprint density at radius 2 is 2.10 bits per heavy atom. The van der Waals surface area contributed by atoms with Crippen LogP contribution in [0.25, 0.3) is 22.5 Å². The average molecular weight is 394 g/mol. The fourth-order valence-electron chi connectivity index (χ4n) is 6.14. The summed E-state index contributed by atoms with van der Waals surface area (Å²) in [7, 11) is 0. The number of fused-ring (bicyclic) bond motifs is 1. The number of nitrogens with two attached hydrogens (primary N) is 1. The van der Waals surface area contributed by atoms with E-state index in [2.05, 4.69) is 25.4 Å². The van der Waals surface area contributed by atoms with Gasteiger partial charge in [0.25, 0.3) is 17.6 Å². The highest BCUT2D eigenvalue weighted by Crippen LogP contribution is 2.56. The van der Waals surface area contributed by atoms with Crippen LogP contribution >= 0.6 is 0 Å². The number of nitrogens with one attached hydrogen (secondary N) is 2. The van der Waals surface area contributed by atoms with Gasteiger partial charge in [0.2, 0.25) is 0 Å². The Labute approximate surface area is 166 Å². The smallest absolute Gasteiger partial charge is 0.290 e. The van der Waals surface area contributed by atoms with Crippen molar-refractivity contribution in [1.29, 1.82) is 0 Å². The number of hydrogen-bond acceptors (Lipinski definition) is 7. The Bertz CT molecular complexity index is 1100. The standard InChI is InChI=1S/C20H22N6O3/c21-16(27)18-25-19(29-26-18)13-8-23-17-12(1-2-22-17)15(13)24-14-10-3-9-4-11(14)7-20(28,5-9)6-10/h1-2,8-11,14,28H,3-7H2,(H2,21,27)(H2,22,23,24). The van der Waals surface area contributed by atoms with Crippen molar-refractivity contribution in [2.24, 2.45) is 23.5 Å². The van der Waals surface area contributed by atoms with E-state index in [0.29, 0.717) is 23.3 Å². The number of aromatic nitrogens is 4. The minimum Gasteiger partial charge on any atom is -0.390 e. The van der Waals surface area contributed by atoms with Gasteiger partial charge in [0.15, 0.2) is 0 Å². The van der Waals surface area contributed by atoms with E-state index in [1.807, 2.05) is 12.3 Å². The van der Waals surface area contributed by atoms with Gasteiger partial charge in [-0.1, -0.05) is 5.16 Å². The molecule has 4 fully saturated rings. The number of nitrogens with zero attached hydrogens (tertiary/aromatic N) is 3. The summed E-state index contributed by atoms with van der Waals surface area (Å²) in [5.74, 6) is 0.819. The van der Waals surface area contributed by atoms with Crippen LogP contribution in [0.15, 0.2) is 23.0 Å². The van der Waals surface area contributed by atoms with Crippen LogP contribution in [-0.2, 0) is 0 Å². The highest BCUT2D eigenvalue weighted by molar-refractivity contribution is 5.97. The Morgan fingerprint density at radius 1 is 1.31 bits per heavy atom. The molecule has 4 saturated carbocycles. The number of carbonyl (C=O) groups excluding carboxylic acids is 1. The number of rotatable bonds is 4. The molecule has 2 atom stereocenters. The molecule has 9 nitrogen and oxygen atoms in total. The van der Waals surface area contributed by atoms with E-state index in [4.69, 9.17) is 10.3 Å². The molecular weight excluding hydrogens is 372 g/mol. The topological polar surface area (TPSA) is 143 Å². The van der Waals surface area contributed by atoms with Crippen molar-refractivity contribution in [2.75, 3.05) is 5.32 Å². The van der Waals surface area contributed by atoms with Gasteiger partial charge >= 0.3 is 0 Å². The van der Waals surface area contributed by atoms with Gasteiger partial charge in [0.1, 0.15) is 5.65 Å². The first-order valence-electron chi connectivity index (χ1n) is 10.1. The SMILES string of the molecule is NC(=O)c1noc(-c2cnc3[nH]ccc3c2NC2C3CC4CC2CC(O)(C4)C3)n1. The van der Waals surface area contributed by atoms with Gasteiger partial charge in [0, 0.05) is 23.8 Å². The molecule has 9 heteroatoms. The summed E-state index contributed by atoms with van der Waals surface area (Å²) >= 11 is 0. The highest BCUT2D eigenvalue weighted by Gasteiger charge is 2.54. The summed E-state index contributed by atoms with van der Waals surface area (Å²) in [4.78, 5) is 23.1. The number of hydrogen-bond donors (Lipinski definition) is 4. The molecule has 3 aromatic rings. The molecule has 0 radical (unpaired) electrons. The molecule has 4 aliphatic carbocycles. The monoisotopic (exact) mass is 394 g/mol. The van der Waals surface area contributed by atoms with E-state index in [9.17, 15) is 9.90 Å². The van der Waals surface area contributed by atoms with Crippen molar-refractivity contribution in [1.82, 2.24) is 20.1 Å². The number of H-pyrrole nitrogens is 1. The second-order valence-corrected chi connectivity index (χ2v) is 8.94. The molecule has 150 valence electrons. The van der Waals surface area contributed by atoms with E-state index in [0.717, 1.165) is 48.8 Å². The third-order valence-electron chi connectivity index (χ3n) is 7.02. The first kappa shape index (κ1) is 17.0. The number of anilines is 1. The predicted octanol–water partition coefficient (Wildman–Crippen LogP) is 2.06. The number of carbonyl (C=O) groups is 1. The minimum atomic E-state index is -0.737. The lowest BCUT2D eigenvalue weighted by Crippen LogP contribution is -2.59. The molecule has 7 rings (SSSR count).